The van der Waals surface area contributed by atoms with Crippen LogP contribution < -0.4 is 16.2 Å². The second-order valence-electron chi connectivity index (χ2n) is 6.58. The third-order valence-corrected chi connectivity index (χ3v) is 5.06. The van der Waals surface area contributed by atoms with E-state index < -0.39 is 0 Å². The van der Waals surface area contributed by atoms with Gasteiger partial charge in [-0.3, -0.25) is 20.5 Å². The molecule has 2 aliphatic heterocycles. The van der Waals surface area contributed by atoms with Crippen molar-refractivity contribution in [1.29, 1.82) is 0 Å². The monoisotopic (exact) mass is 352 g/mol. The molecule has 3 atom stereocenters. The van der Waals surface area contributed by atoms with Crippen molar-refractivity contribution in [3.63, 3.8) is 0 Å². The molecule has 1 aromatic rings. The van der Waals surface area contributed by atoms with Crippen molar-refractivity contribution in [3.05, 3.63) is 34.9 Å². The maximum absolute atomic E-state index is 12.4. The van der Waals surface area contributed by atoms with Gasteiger partial charge in [-0.1, -0.05) is 29.8 Å². The van der Waals surface area contributed by atoms with Gasteiger partial charge in [0.1, 0.15) is 0 Å². The fourth-order valence-corrected chi connectivity index (χ4v) is 3.59. The van der Waals surface area contributed by atoms with Crippen LogP contribution in [-0.4, -0.2) is 55.2 Å². The van der Waals surface area contributed by atoms with Crippen LogP contribution in [0.2, 0.25) is 5.02 Å². The second-order valence-corrected chi connectivity index (χ2v) is 6.98. The number of carbonyl (C=O) groups is 1. The number of ether oxygens (including phenoxy) is 1. The van der Waals surface area contributed by atoms with Crippen molar-refractivity contribution in [1.82, 2.24) is 21.1 Å². The summed E-state index contributed by atoms with van der Waals surface area (Å²) in [5, 5.41) is 3.83. The second kappa shape index (κ2) is 7.80. The smallest absolute Gasteiger partial charge is 0.234 e. The first-order chi connectivity index (χ1) is 11.5. The van der Waals surface area contributed by atoms with E-state index in [-0.39, 0.29) is 30.1 Å². The molecule has 3 N–H and O–H groups in total. The molecule has 0 radical (unpaired) electrons. The number of morpholine rings is 1. The van der Waals surface area contributed by atoms with Crippen LogP contribution in [0.3, 0.4) is 0 Å². The van der Waals surface area contributed by atoms with E-state index in [4.69, 9.17) is 16.3 Å². The summed E-state index contributed by atoms with van der Waals surface area (Å²) in [5.41, 5.74) is 7.28. The lowest BCUT2D eigenvalue weighted by atomic mass is 10.1. The minimum absolute atomic E-state index is 0.0454. The van der Waals surface area contributed by atoms with Crippen LogP contribution in [0.15, 0.2) is 24.3 Å². The number of hydrogen-bond donors (Lipinski definition) is 3. The van der Waals surface area contributed by atoms with E-state index >= 15 is 0 Å². The van der Waals surface area contributed by atoms with Crippen LogP contribution in [0.1, 0.15) is 25.5 Å². The zero-order valence-corrected chi connectivity index (χ0v) is 14.8. The molecule has 1 aromatic carbocycles. The Morgan fingerprint density at radius 2 is 2.04 bits per heavy atom. The molecule has 1 amide bonds. The molecule has 0 spiro atoms. The van der Waals surface area contributed by atoms with Crippen LogP contribution in [-0.2, 0) is 9.53 Å². The van der Waals surface area contributed by atoms with E-state index in [1.807, 2.05) is 24.3 Å². The molecule has 0 saturated carbocycles. The van der Waals surface area contributed by atoms with Crippen molar-refractivity contribution >= 4 is 17.5 Å². The highest BCUT2D eigenvalue weighted by Gasteiger charge is 2.32. The van der Waals surface area contributed by atoms with Gasteiger partial charge in [0, 0.05) is 35.8 Å². The molecule has 0 aliphatic carbocycles. The number of benzene rings is 1. The Labute approximate surface area is 147 Å². The molecule has 0 aromatic heterocycles. The molecule has 2 fully saturated rings. The molecule has 2 saturated heterocycles. The zero-order chi connectivity index (χ0) is 17.1. The highest BCUT2D eigenvalue weighted by atomic mass is 35.5. The van der Waals surface area contributed by atoms with Crippen molar-refractivity contribution in [2.24, 2.45) is 0 Å². The summed E-state index contributed by atoms with van der Waals surface area (Å²) < 4.78 is 5.85. The summed E-state index contributed by atoms with van der Waals surface area (Å²) in [7, 11) is 0. The van der Waals surface area contributed by atoms with Gasteiger partial charge in [0.25, 0.3) is 0 Å². The quantitative estimate of drug-likeness (QED) is 0.757. The standard InChI is InChI=1S/C17H25ClN4O2/c1-11-17(12(2)21-20-11)19-16(23)10-22-7-8-24-15(9-22)13-5-3-4-6-14(13)18/h3-6,11-12,15,17,20-21H,7-10H2,1-2H3,(H,19,23). The van der Waals surface area contributed by atoms with E-state index in [0.717, 1.165) is 12.1 Å². The molecular formula is C17H25ClN4O2. The predicted molar refractivity (Wildman–Crippen MR) is 93.7 cm³/mol. The lowest BCUT2D eigenvalue weighted by Gasteiger charge is -2.33. The first-order valence-electron chi connectivity index (χ1n) is 8.43. The lowest BCUT2D eigenvalue weighted by molar-refractivity contribution is -0.125. The Hall–Kier alpha value is -1.18. The van der Waals surface area contributed by atoms with E-state index in [1.54, 1.807) is 0 Å². The van der Waals surface area contributed by atoms with Gasteiger partial charge in [-0.2, -0.15) is 0 Å². The van der Waals surface area contributed by atoms with Gasteiger partial charge in [0.05, 0.1) is 25.3 Å². The van der Waals surface area contributed by atoms with E-state index in [2.05, 4.69) is 34.9 Å². The summed E-state index contributed by atoms with van der Waals surface area (Å²) in [6, 6.07) is 8.24. The molecule has 24 heavy (non-hydrogen) atoms. The minimum atomic E-state index is -0.0899. The van der Waals surface area contributed by atoms with Crippen molar-refractivity contribution < 1.29 is 9.53 Å². The van der Waals surface area contributed by atoms with E-state index in [0.29, 0.717) is 24.7 Å². The van der Waals surface area contributed by atoms with Crippen LogP contribution in [0, 0.1) is 0 Å². The van der Waals surface area contributed by atoms with Crippen LogP contribution in [0.25, 0.3) is 0 Å². The third-order valence-electron chi connectivity index (χ3n) is 4.71. The van der Waals surface area contributed by atoms with Crippen molar-refractivity contribution in [3.8, 4) is 0 Å². The minimum Gasteiger partial charge on any atom is -0.371 e. The van der Waals surface area contributed by atoms with Gasteiger partial charge in [-0.05, 0) is 19.9 Å². The normalized spacial score (nSPS) is 31.1. The Morgan fingerprint density at radius 3 is 2.75 bits per heavy atom. The summed E-state index contributed by atoms with van der Waals surface area (Å²) in [6.07, 6.45) is -0.0899. The summed E-state index contributed by atoms with van der Waals surface area (Å²) in [5.74, 6) is 0.0454. The number of carbonyl (C=O) groups excluding carboxylic acids is 1. The van der Waals surface area contributed by atoms with Crippen LogP contribution in [0.5, 0.6) is 0 Å². The summed E-state index contributed by atoms with van der Waals surface area (Å²) in [6.45, 7) is 6.51. The van der Waals surface area contributed by atoms with Gasteiger partial charge in [0.2, 0.25) is 5.91 Å². The molecule has 3 unspecified atom stereocenters. The topological polar surface area (TPSA) is 65.6 Å². The fourth-order valence-electron chi connectivity index (χ4n) is 3.33. The number of hydrazine groups is 1. The Morgan fingerprint density at radius 1 is 1.33 bits per heavy atom. The molecule has 132 valence electrons. The maximum atomic E-state index is 12.4. The number of halogens is 1. The maximum Gasteiger partial charge on any atom is 0.234 e. The van der Waals surface area contributed by atoms with Gasteiger partial charge in [-0.15, -0.1) is 0 Å². The summed E-state index contributed by atoms with van der Waals surface area (Å²) in [4.78, 5) is 14.5. The largest absolute Gasteiger partial charge is 0.371 e. The third kappa shape index (κ3) is 4.07. The number of nitrogens with one attached hydrogen (secondary N) is 3. The highest BCUT2D eigenvalue weighted by Crippen LogP contribution is 2.28. The van der Waals surface area contributed by atoms with Crippen LogP contribution >= 0.6 is 11.6 Å². The Kier molecular flexibility index (Phi) is 5.73. The first kappa shape index (κ1) is 17.6. The number of rotatable bonds is 4. The molecule has 2 heterocycles. The molecule has 0 bridgehead atoms. The zero-order valence-electron chi connectivity index (χ0n) is 14.1. The Balaban J connectivity index is 1.55. The molecule has 3 rings (SSSR count). The average Bonchev–Trinajstić information content (AvgIpc) is 2.87. The lowest BCUT2D eigenvalue weighted by Crippen LogP contribution is -2.51. The van der Waals surface area contributed by atoms with Crippen molar-refractivity contribution in [2.75, 3.05) is 26.2 Å². The SMILES string of the molecule is CC1NNC(C)C1NC(=O)CN1CCOC(c2ccccc2Cl)C1. The first-order valence-corrected chi connectivity index (χ1v) is 8.81. The Bertz CT molecular complexity index is 575. The number of amides is 1. The number of nitrogens with zero attached hydrogens (tertiary/aromatic N) is 1. The van der Waals surface area contributed by atoms with Gasteiger partial charge in [-0.25, -0.2) is 0 Å². The molecular weight excluding hydrogens is 328 g/mol. The highest BCUT2D eigenvalue weighted by molar-refractivity contribution is 6.31. The molecule has 7 heteroatoms. The van der Waals surface area contributed by atoms with Gasteiger partial charge < -0.3 is 10.1 Å². The van der Waals surface area contributed by atoms with Gasteiger partial charge >= 0.3 is 0 Å². The predicted octanol–water partition coefficient (Wildman–Crippen LogP) is 1.08. The average molecular weight is 353 g/mol. The van der Waals surface area contributed by atoms with E-state index in [1.165, 1.54) is 0 Å². The summed E-state index contributed by atoms with van der Waals surface area (Å²) >= 11 is 6.26. The fraction of sp³-hybridized carbons (Fsp3) is 0.588. The van der Waals surface area contributed by atoms with E-state index in [9.17, 15) is 4.79 Å². The van der Waals surface area contributed by atoms with Gasteiger partial charge in [0.15, 0.2) is 0 Å². The number of hydrogen-bond acceptors (Lipinski definition) is 5. The van der Waals surface area contributed by atoms with Crippen LogP contribution in [0.4, 0.5) is 0 Å². The molecule has 6 nitrogen and oxygen atoms in total. The van der Waals surface area contributed by atoms with Crippen molar-refractivity contribution in [2.45, 2.75) is 38.1 Å². The molecule has 2 aliphatic rings.